The Labute approximate surface area is 132 Å². The van der Waals surface area contributed by atoms with Crippen molar-refractivity contribution in [3.8, 4) is 0 Å². The number of nitrogens with zero attached hydrogens (tertiary/aromatic N) is 2. The van der Waals surface area contributed by atoms with Gasteiger partial charge in [-0.3, -0.25) is 9.89 Å². The fourth-order valence-electron chi connectivity index (χ4n) is 1.67. The van der Waals surface area contributed by atoms with Crippen LogP contribution >= 0.6 is 23.4 Å². The van der Waals surface area contributed by atoms with E-state index in [0.717, 1.165) is 17.8 Å². The molecule has 1 aromatic heterocycles. The summed E-state index contributed by atoms with van der Waals surface area (Å²) in [5.41, 5.74) is 0.899. The van der Waals surface area contributed by atoms with Crippen molar-refractivity contribution in [2.24, 2.45) is 0 Å². The lowest BCUT2D eigenvalue weighted by molar-refractivity contribution is -0.120. The summed E-state index contributed by atoms with van der Waals surface area (Å²) in [6, 6.07) is 7.45. The van der Waals surface area contributed by atoms with E-state index in [1.54, 1.807) is 6.07 Å². The highest BCUT2D eigenvalue weighted by molar-refractivity contribution is 8.00. The van der Waals surface area contributed by atoms with E-state index < -0.39 is 0 Å². The number of carbonyl (C=O) groups excluding carboxylic acids is 1. The van der Waals surface area contributed by atoms with Crippen LogP contribution in [0.3, 0.4) is 0 Å². The van der Waals surface area contributed by atoms with E-state index in [0.29, 0.717) is 16.7 Å². The van der Waals surface area contributed by atoms with Gasteiger partial charge in [-0.2, -0.15) is 0 Å². The predicted octanol–water partition coefficient (Wildman–Crippen LogP) is 2.82. The molecule has 2 N–H and O–H groups in total. The van der Waals surface area contributed by atoms with E-state index in [9.17, 15) is 4.79 Å². The van der Waals surface area contributed by atoms with Crippen molar-refractivity contribution in [1.29, 1.82) is 0 Å². The fourth-order valence-corrected chi connectivity index (χ4v) is 2.64. The lowest BCUT2D eigenvalue weighted by atomic mass is 10.2. The standard InChI is InChI=1S/C14H17ClN4OS/c1-3-12-17-14(19-18-12)21-9(2)13(20)16-8-10-6-4-5-7-11(10)15/h4-7,9H,3,8H2,1-2H3,(H,16,20)(H,17,18,19). The van der Waals surface area contributed by atoms with Crippen LogP contribution in [-0.4, -0.2) is 26.3 Å². The molecule has 0 bridgehead atoms. The molecule has 0 aliphatic carbocycles. The van der Waals surface area contributed by atoms with E-state index in [1.807, 2.05) is 32.0 Å². The van der Waals surface area contributed by atoms with Gasteiger partial charge in [0.2, 0.25) is 11.1 Å². The van der Waals surface area contributed by atoms with Crippen molar-refractivity contribution < 1.29 is 4.79 Å². The summed E-state index contributed by atoms with van der Waals surface area (Å²) >= 11 is 7.38. The van der Waals surface area contributed by atoms with Crippen molar-refractivity contribution in [2.45, 2.75) is 37.2 Å². The Morgan fingerprint density at radius 1 is 1.48 bits per heavy atom. The number of hydrogen-bond acceptors (Lipinski definition) is 4. The van der Waals surface area contributed by atoms with Gasteiger partial charge in [-0.25, -0.2) is 4.98 Å². The maximum Gasteiger partial charge on any atom is 0.233 e. The highest BCUT2D eigenvalue weighted by atomic mass is 35.5. The normalized spacial score (nSPS) is 12.1. The molecule has 7 heteroatoms. The first-order chi connectivity index (χ1) is 10.1. The lowest BCUT2D eigenvalue weighted by Gasteiger charge is -2.10. The molecular formula is C14H17ClN4OS. The zero-order valence-electron chi connectivity index (χ0n) is 11.9. The second-order valence-electron chi connectivity index (χ2n) is 4.49. The molecule has 0 saturated heterocycles. The maximum absolute atomic E-state index is 12.1. The van der Waals surface area contributed by atoms with Gasteiger partial charge in [-0.1, -0.05) is 48.5 Å². The molecule has 2 aromatic rings. The molecule has 1 aromatic carbocycles. The SMILES string of the molecule is CCc1nc(SC(C)C(=O)NCc2ccccc2Cl)n[nH]1. The highest BCUT2D eigenvalue weighted by Gasteiger charge is 2.16. The number of amides is 1. The quantitative estimate of drug-likeness (QED) is 0.802. The molecule has 0 fully saturated rings. The molecule has 1 amide bonds. The van der Waals surface area contributed by atoms with Crippen molar-refractivity contribution in [1.82, 2.24) is 20.5 Å². The summed E-state index contributed by atoms with van der Waals surface area (Å²) in [7, 11) is 0. The van der Waals surface area contributed by atoms with Gasteiger partial charge in [0.1, 0.15) is 5.82 Å². The maximum atomic E-state index is 12.1. The van der Waals surface area contributed by atoms with Gasteiger partial charge >= 0.3 is 0 Å². The molecule has 0 aliphatic rings. The molecular weight excluding hydrogens is 308 g/mol. The first-order valence-corrected chi connectivity index (χ1v) is 7.95. The average molecular weight is 325 g/mol. The third kappa shape index (κ3) is 4.47. The molecule has 1 heterocycles. The number of nitrogens with one attached hydrogen (secondary N) is 2. The molecule has 2 rings (SSSR count). The summed E-state index contributed by atoms with van der Waals surface area (Å²) in [4.78, 5) is 16.3. The van der Waals surface area contributed by atoms with Crippen LogP contribution in [0.4, 0.5) is 0 Å². The number of halogens is 1. The summed E-state index contributed by atoms with van der Waals surface area (Å²) in [5, 5.41) is 10.7. The Kier molecular flexibility index (Phi) is 5.64. The van der Waals surface area contributed by atoms with Crippen molar-refractivity contribution in [3.63, 3.8) is 0 Å². The minimum atomic E-state index is -0.270. The van der Waals surface area contributed by atoms with E-state index >= 15 is 0 Å². The first-order valence-electron chi connectivity index (χ1n) is 6.69. The Hall–Kier alpha value is -1.53. The van der Waals surface area contributed by atoms with Crippen LogP contribution in [-0.2, 0) is 17.8 Å². The number of rotatable bonds is 6. The van der Waals surface area contributed by atoms with Crippen molar-refractivity contribution in [3.05, 3.63) is 40.7 Å². The van der Waals surface area contributed by atoms with Crippen LogP contribution in [0.2, 0.25) is 5.02 Å². The Bertz CT molecular complexity index is 617. The lowest BCUT2D eigenvalue weighted by Crippen LogP contribution is -2.30. The highest BCUT2D eigenvalue weighted by Crippen LogP contribution is 2.20. The third-order valence-electron chi connectivity index (χ3n) is 2.91. The summed E-state index contributed by atoms with van der Waals surface area (Å²) < 4.78 is 0. The van der Waals surface area contributed by atoms with Crippen LogP contribution in [0.25, 0.3) is 0 Å². The minimum absolute atomic E-state index is 0.0669. The van der Waals surface area contributed by atoms with Crippen LogP contribution in [0.1, 0.15) is 25.2 Å². The van der Waals surface area contributed by atoms with Crippen LogP contribution in [0, 0.1) is 0 Å². The third-order valence-corrected chi connectivity index (χ3v) is 4.24. The number of thioether (sulfide) groups is 1. The number of carbonyl (C=O) groups is 1. The van der Waals surface area contributed by atoms with Crippen LogP contribution in [0.15, 0.2) is 29.4 Å². The number of benzene rings is 1. The Morgan fingerprint density at radius 3 is 2.90 bits per heavy atom. The second kappa shape index (κ2) is 7.47. The molecule has 5 nitrogen and oxygen atoms in total. The molecule has 21 heavy (non-hydrogen) atoms. The zero-order chi connectivity index (χ0) is 15.2. The van der Waals surface area contributed by atoms with Gasteiger partial charge in [0.25, 0.3) is 0 Å². The van der Waals surface area contributed by atoms with Gasteiger partial charge in [0.05, 0.1) is 5.25 Å². The summed E-state index contributed by atoms with van der Waals surface area (Å²) in [5.74, 6) is 0.754. The number of aryl methyl sites for hydroxylation is 1. The Morgan fingerprint density at radius 2 is 2.24 bits per heavy atom. The molecule has 0 aliphatic heterocycles. The summed E-state index contributed by atoms with van der Waals surface area (Å²) in [6.07, 6.45) is 0.792. The fraction of sp³-hybridized carbons (Fsp3) is 0.357. The second-order valence-corrected chi connectivity index (χ2v) is 6.20. The summed E-state index contributed by atoms with van der Waals surface area (Å²) in [6.45, 7) is 4.24. The average Bonchev–Trinajstić information content (AvgIpc) is 2.93. The number of aromatic nitrogens is 3. The van der Waals surface area contributed by atoms with E-state index in [-0.39, 0.29) is 11.2 Å². The van der Waals surface area contributed by atoms with E-state index in [2.05, 4.69) is 20.5 Å². The minimum Gasteiger partial charge on any atom is -0.351 e. The molecule has 112 valence electrons. The molecule has 1 atom stereocenters. The zero-order valence-corrected chi connectivity index (χ0v) is 13.5. The topological polar surface area (TPSA) is 70.7 Å². The predicted molar refractivity (Wildman–Crippen MR) is 84.4 cm³/mol. The largest absolute Gasteiger partial charge is 0.351 e. The van der Waals surface area contributed by atoms with Crippen molar-refractivity contribution in [2.75, 3.05) is 0 Å². The van der Waals surface area contributed by atoms with Gasteiger partial charge < -0.3 is 5.32 Å². The monoisotopic (exact) mass is 324 g/mol. The van der Waals surface area contributed by atoms with Gasteiger partial charge in [0, 0.05) is 18.0 Å². The number of hydrogen-bond donors (Lipinski definition) is 2. The van der Waals surface area contributed by atoms with Crippen molar-refractivity contribution >= 4 is 29.3 Å². The molecule has 0 radical (unpaired) electrons. The smallest absolute Gasteiger partial charge is 0.233 e. The molecule has 1 unspecified atom stereocenters. The molecule has 0 saturated carbocycles. The van der Waals surface area contributed by atoms with Gasteiger partial charge in [-0.05, 0) is 18.6 Å². The van der Waals surface area contributed by atoms with E-state index in [1.165, 1.54) is 11.8 Å². The Balaban J connectivity index is 1.86. The number of H-pyrrole nitrogens is 1. The van der Waals surface area contributed by atoms with E-state index in [4.69, 9.17) is 11.6 Å². The van der Waals surface area contributed by atoms with Gasteiger partial charge in [-0.15, -0.1) is 5.10 Å². The van der Waals surface area contributed by atoms with Gasteiger partial charge in [0.15, 0.2) is 0 Å². The van der Waals surface area contributed by atoms with Crippen LogP contribution < -0.4 is 5.32 Å². The molecule has 0 spiro atoms. The van der Waals surface area contributed by atoms with Crippen LogP contribution in [0.5, 0.6) is 0 Å². The number of aromatic amines is 1. The first kappa shape index (κ1) is 15.9.